The van der Waals surface area contributed by atoms with Gasteiger partial charge in [0, 0.05) is 11.6 Å². The maximum atomic E-state index is 5.51. The Morgan fingerprint density at radius 2 is 1.47 bits per heavy atom. The summed E-state index contributed by atoms with van der Waals surface area (Å²) in [6.07, 6.45) is 0. The summed E-state index contributed by atoms with van der Waals surface area (Å²) >= 11 is 0. The van der Waals surface area contributed by atoms with Gasteiger partial charge in [-0.3, -0.25) is 0 Å². The van der Waals surface area contributed by atoms with Crippen molar-refractivity contribution in [2.24, 2.45) is 5.73 Å². The zero-order valence-electron chi connectivity index (χ0n) is 10.4. The van der Waals surface area contributed by atoms with E-state index in [2.05, 4.69) is 29.4 Å². The number of nitrogens with two attached hydrogens (primary N) is 1. The fourth-order valence-electron chi connectivity index (χ4n) is 2.01. The third-order valence-corrected chi connectivity index (χ3v) is 3.05. The average molecular weight is 250 g/mol. The van der Waals surface area contributed by atoms with Crippen LogP contribution in [0.2, 0.25) is 0 Å². The van der Waals surface area contributed by atoms with E-state index in [0.29, 0.717) is 12.3 Å². The molecule has 2 aromatic carbocycles. The monoisotopic (exact) mass is 250 g/mol. The number of hydrogen-bond donors (Lipinski definition) is 1. The first kappa shape index (κ1) is 11.7. The molecule has 0 fully saturated rings. The summed E-state index contributed by atoms with van der Waals surface area (Å²) in [6.45, 7) is 0.370. The van der Waals surface area contributed by atoms with Crippen LogP contribution in [0.4, 0.5) is 0 Å². The predicted molar refractivity (Wildman–Crippen MR) is 75.3 cm³/mol. The van der Waals surface area contributed by atoms with Crippen LogP contribution in [0, 0.1) is 0 Å². The molecule has 0 aliphatic rings. The molecule has 3 aromatic rings. The lowest BCUT2D eigenvalue weighted by Crippen LogP contribution is -1.92. The molecule has 0 unspecified atom stereocenters. The van der Waals surface area contributed by atoms with Crippen LogP contribution < -0.4 is 5.73 Å². The molecule has 0 aliphatic heterocycles. The third kappa shape index (κ3) is 2.41. The van der Waals surface area contributed by atoms with Crippen LogP contribution >= 0.6 is 0 Å². The van der Waals surface area contributed by atoms with E-state index in [4.69, 9.17) is 10.3 Å². The molecule has 1 heterocycles. The summed E-state index contributed by atoms with van der Waals surface area (Å²) in [7, 11) is 0. The van der Waals surface area contributed by atoms with Crippen LogP contribution in [0.1, 0.15) is 5.76 Å². The van der Waals surface area contributed by atoms with E-state index in [9.17, 15) is 0 Å². The molecule has 0 bridgehead atoms. The Bertz CT molecular complexity index is 657. The highest BCUT2D eigenvalue weighted by atomic mass is 16.5. The number of nitrogens with zero attached hydrogens (tertiary/aromatic N) is 1. The van der Waals surface area contributed by atoms with Gasteiger partial charge in [0.2, 0.25) is 0 Å². The quantitative estimate of drug-likeness (QED) is 0.774. The molecular weight excluding hydrogens is 236 g/mol. The van der Waals surface area contributed by atoms with Crippen LogP contribution in [0.5, 0.6) is 0 Å². The zero-order chi connectivity index (χ0) is 13.1. The zero-order valence-corrected chi connectivity index (χ0v) is 10.4. The second-order valence-corrected chi connectivity index (χ2v) is 4.33. The van der Waals surface area contributed by atoms with E-state index in [1.54, 1.807) is 0 Å². The molecule has 3 heteroatoms. The van der Waals surface area contributed by atoms with E-state index >= 15 is 0 Å². The van der Waals surface area contributed by atoms with Gasteiger partial charge in [-0.2, -0.15) is 0 Å². The topological polar surface area (TPSA) is 52.0 Å². The second-order valence-electron chi connectivity index (χ2n) is 4.33. The molecule has 94 valence electrons. The van der Waals surface area contributed by atoms with Crippen molar-refractivity contribution in [3.8, 4) is 22.4 Å². The summed E-state index contributed by atoms with van der Waals surface area (Å²) in [5.41, 5.74) is 9.75. The first-order valence-corrected chi connectivity index (χ1v) is 6.18. The SMILES string of the molecule is NCc1cc(-c2ccc(-c3ccccc3)cc2)no1. The summed E-state index contributed by atoms with van der Waals surface area (Å²) in [6, 6.07) is 20.4. The predicted octanol–water partition coefficient (Wildman–Crippen LogP) is 3.47. The smallest absolute Gasteiger partial charge is 0.150 e. The van der Waals surface area contributed by atoms with Gasteiger partial charge in [0.15, 0.2) is 5.76 Å². The van der Waals surface area contributed by atoms with Crippen LogP contribution in [0.15, 0.2) is 65.2 Å². The van der Waals surface area contributed by atoms with Crippen molar-refractivity contribution in [2.75, 3.05) is 0 Å². The molecule has 0 atom stereocenters. The summed E-state index contributed by atoms with van der Waals surface area (Å²) in [4.78, 5) is 0. The fraction of sp³-hybridized carbons (Fsp3) is 0.0625. The Kier molecular flexibility index (Phi) is 3.12. The van der Waals surface area contributed by atoms with Crippen molar-refractivity contribution >= 4 is 0 Å². The van der Waals surface area contributed by atoms with Gasteiger partial charge in [-0.05, 0) is 11.1 Å². The van der Waals surface area contributed by atoms with E-state index in [0.717, 1.165) is 11.3 Å². The van der Waals surface area contributed by atoms with E-state index in [-0.39, 0.29) is 0 Å². The van der Waals surface area contributed by atoms with Gasteiger partial charge >= 0.3 is 0 Å². The van der Waals surface area contributed by atoms with E-state index in [1.807, 2.05) is 36.4 Å². The molecule has 1 aromatic heterocycles. The minimum Gasteiger partial charge on any atom is -0.359 e. The maximum Gasteiger partial charge on any atom is 0.150 e. The number of aromatic nitrogens is 1. The lowest BCUT2D eigenvalue weighted by atomic mass is 10.0. The molecular formula is C16H14N2O. The van der Waals surface area contributed by atoms with Gasteiger partial charge in [-0.15, -0.1) is 0 Å². The highest BCUT2D eigenvalue weighted by Crippen LogP contribution is 2.24. The minimum atomic E-state index is 0.370. The van der Waals surface area contributed by atoms with Gasteiger partial charge in [-0.25, -0.2) is 0 Å². The fourth-order valence-corrected chi connectivity index (χ4v) is 2.01. The standard InChI is InChI=1S/C16H14N2O/c17-11-15-10-16(18-19-15)14-8-6-13(7-9-14)12-4-2-1-3-5-12/h1-10H,11,17H2. The first-order valence-electron chi connectivity index (χ1n) is 6.18. The van der Waals surface area contributed by atoms with Crippen LogP contribution in [-0.4, -0.2) is 5.16 Å². The number of benzene rings is 2. The number of hydrogen-bond acceptors (Lipinski definition) is 3. The Morgan fingerprint density at radius 1 is 0.842 bits per heavy atom. The molecule has 3 nitrogen and oxygen atoms in total. The van der Waals surface area contributed by atoms with Crippen LogP contribution in [0.3, 0.4) is 0 Å². The lowest BCUT2D eigenvalue weighted by molar-refractivity contribution is 0.387. The Labute approximate surface area is 111 Å². The molecule has 0 saturated carbocycles. The number of rotatable bonds is 3. The highest BCUT2D eigenvalue weighted by molar-refractivity contribution is 5.68. The lowest BCUT2D eigenvalue weighted by Gasteiger charge is -2.02. The summed E-state index contributed by atoms with van der Waals surface area (Å²) in [5.74, 6) is 0.696. The van der Waals surface area contributed by atoms with Gasteiger partial charge in [0.05, 0.1) is 6.54 Å². The molecule has 0 amide bonds. The third-order valence-electron chi connectivity index (χ3n) is 3.05. The minimum absolute atomic E-state index is 0.370. The van der Waals surface area contributed by atoms with Crippen molar-refractivity contribution in [3.05, 3.63) is 66.4 Å². The summed E-state index contributed by atoms with van der Waals surface area (Å²) < 4.78 is 5.11. The Balaban J connectivity index is 1.90. The molecule has 0 aliphatic carbocycles. The molecule has 2 N–H and O–H groups in total. The van der Waals surface area contributed by atoms with Crippen LogP contribution in [0.25, 0.3) is 22.4 Å². The van der Waals surface area contributed by atoms with Crippen molar-refractivity contribution in [3.63, 3.8) is 0 Å². The maximum absolute atomic E-state index is 5.51. The molecule has 3 rings (SSSR count). The summed E-state index contributed by atoms with van der Waals surface area (Å²) in [5, 5.41) is 4.00. The van der Waals surface area contributed by atoms with Crippen molar-refractivity contribution in [1.29, 1.82) is 0 Å². The van der Waals surface area contributed by atoms with Crippen molar-refractivity contribution < 1.29 is 4.52 Å². The first-order chi connectivity index (χ1) is 9.36. The largest absolute Gasteiger partial charge is 0.359 e. The van der Waals surface area contributed by atoms with Gasteiger partial charge in [0.1, 0.15) is 5.69 Å². The van der Waals surface area contributed by atoms with Crippen molar-refractivity contribution in [1.82, 2.24) is 5.16 Å². The highest BCUT2D eigenvalue weighted by Gasteiger charge is 2.05. The van der Waals surface area contributed by atoms with Crippen LogP contribution in [-0.2, 0) is 6.54 Å². The molecule has 0 spiro atoms. The van der Waals surface area contributed by atoms with Crippen molar-refractivity contribution in [2.45, 2.75) is 6.54 Å². The average Bonchev–Trinajstić information content (AvgIpc) is 2.97. The second kappa shape index (κ2) is 5.08. The van der Waals surface area contributed by atoms with Gasteiger partial charge in [0.25, 0.3) is 0 Å². The normalized spacial score (nSPS) is 10.6. The van der Waals surface area contributed by atoms with Gasteiger partial charge in [-0.1, -0.05) is 59.8 Å². The Hall–Kier alpha value is -2.39. The molecule has 0 radical (unpaired) electrons. The van der Waals surface area contributed by atoms with E-state index in [1.165, 1.54) is 11.1 Å². The Morgan fingerprint density at radius 3 is 2.11 bits per heavy atom. The molecule has 0 saturated heterocycles. The van der Waals surface area contributed by atoms with Gasteiger partial charge < -0.3 is 10.3 Å². The van der Waals surface area contributed by atoms with E-state index < -0.39 is 0 Å². The molecule has 19 heavy (non-hydrogen) atoms.